The van der Waals surface area contributed by atoms with E-state index in [1.54, 1.807) is 38.1 Å². The zero-order valence-electron chi connectivity index (χ0n) is 12.0. The van der Waals surface area contributed by atoms with Crippen molar-refractivity contribution in [1.29, 1.82) is 0 Å². The lowest BCUT2D eigenvalue weighted by atomic mass is 9.96. The molecule has 0 radical (unpaired) electrons. The predicted octanol–water partition coefficient (Wildman–Crippen LogP) is 4.23. The van der Waals surface area contributed by atoms with Gasteiger partial charge in [0.2, 0.25) is 0 Å². The van der Waals surface area contributed by atoms with Gasteiger partial charge in [0.25, 0.3) is 0 Å². The third-order valence-corrected chi connectivity index (χ3v) is 3.52. The number of hydrogen-bond donors (Lipinski definition) is 0. The lowest BCUT2D eigenvalue weighted by Gasteiger charge is -2.24. The summed E-state index contributed by atoms with van der Waals surface area (Å²) in [5.74, 6) is -1.45. The van der Waals surface area contributed by atoms with Crippen molar-refractivity contribution in [2.75, 3.05) is 0 Å². The first-order valence-corrected chi connectivity index (χ1v) is 6.94. The topological polar surface area (TPSA) is 22.0 Å². The smallest absolute Gasteiger partial charge is 0.347 e. The van der Waals surface area contributed by atoms with Crippen LogP contribution in [0.2, 0.25) is 0 Å². The second-order valence-corrected chi connectivity index (χ2v) is 5.72. The molecule has 1 aromatic heterocycles. The third kappa shape index (κ3) is 3.65. The number of benzene rings is 1. The van der Waals surface area contributed by atoms with Crippen LogP contribution >= 0.6 is 0 Å². The van der Waals surface area contributed by atoms with E-state index in [1.807, 2.05) is 0 Å². The highest BCUT2D eigenvalue weighted by Crippen LogP contribution is 2.33. The number of pyridine rings is 1. The van der Waals surface area contributed by atoms with Gasteiger partial charge in [-0.1, -0.05) is 26.0 Å². The van der Waals surface area contributed by atoms with Gasteiger partial charge in [-0.15, -0.1) is 0 Å². The number of hydrogen-bond acceptors (Lipinski definition) is 1. The summed E-state index contributed by atoms with van der Waals surface area (Å²) in [7, 11) is 0. The van der Waals surface area contributed by atoms with Crippen molar-refractivity contribution in [3.05, 3.63) is 46.8 Å². The fourth-order valence-electron chi connectivity index (χ4n) is 2.54. The number of nitrogens with zero attached hydrogens (tertiary/aromatic N) is 1. The van der Waals surface area contributed by atoms with E-state index in [4.69, 9.17) is 0 Å². The van der Waals surface area contributed by atoms with Crippen LogP contribution in [-0.4, -0.2) is 10.7 Å². The van der Waals surface area contributed by atoms with Crippen LogP contribution in [0.3, 0.4) is 0 Å². The minimum absolute atomic E-state index is 0.0396. The molecular weight excluding hydrogens is 279 g/mol. The summed E-state index contributed by atoms with van der Waals surface area (Å²) >= 11 is 0. The van der Waals surface area contributed by atoms with Crippen molar-refractivity contribution >= 4 is 10.9 Å². The Morgan fingerprint density at radius 2 is 1.81 bits per heavy atom. The monoisotopic (exact) mass is 297 g/mol. The Hall–Kier alpha value is -1.78. The average molecular weight is 297 g/mol. The molecule has 5 heteroatoms. The molecule has 0 saturated heterocycles. The summed E-state index contributed by atoms with van der Waals surface area (Å²) in [6.45, 7) is 3.40. The molecule has 0 aliphatic heterocycles. The lowest BCUT2D eigenvalue weighted by Crippen LogP contribution is -2.29. The van der Waals surface area contributed by atoms with E-state index in [0.717, 1.165) is 0 Å². The first-order valence-electron chi connectivity index (χ1n) is 6.94. The van der Waals surface area contributed by atoms with E-state index >= 15 is 0 Å². The Morgan fingerprint density at radius 3 is 2.43 bits per heavy atom. The van der Waals surface area contributed by atoms with E-state index in [1.165, 1.54) is 16.8 Å². The maximum atomic E-state index is 13.2. The number of aromatic nitrogens is 1. The zero-order valence-corrected chi connectivity index (χ0v) is 12.0. The van der Waals surface area contributed by atoms with Crippen LogP contribution in [0.1, 0.15) is 20.3 Å². The minimum Gasteiger partial charge on any atom is -0.347 e. The highest BCUT2D eigenvalue weighted by atomic mass is 19.4. The normalized spacial score (nSPS) is 13.8. The van der Waals surface area contributed by atoms with E-state index in [-0.39, 0.29) is 24.3 Å². The van der Waals surface area contributed by atoms with E-state index in [9.17, 15) is 18.0 Å². The van der Waals surface area contributed by atoms with Crippen LogP contribution in [-0.2, 0) is 6.54 Å². The van der Waals surface area contributed by atoms with E-state index < -0.39 is 12.1 Å². The van der Waals surface area contributed by atoms with E-state index in [0.29, 0.717) is 10.9 Å². The van der Waals surface area contributed by atoms with Gasteiger partial charge < -0.3 is 4.57 Å². The predicted molar refractivity (Wildman–Crippen MR) is 77.2 cm³/mol. The quantitative estimate of drug-likeness (QED) is 0.828. The summed E-state index contributed by atoms with van der Waals surface area (Å²) in [5, 5.41) is 0.450. The summed E-state index contributed by atoms with van der Waals surface area (Å²) < 4.78 is 41.0. The Balaban J connectivity index is 2.42. The van der Waals surface area contributed by atoms with Crippen LogP contribution in [0.25, 0.3) is 10.9 Å². The molecule has 0 fully saturated rings. The van der Waals surface area contributed by atoms with Gasteiger partial charge >= 0.3 is 6.18 Å². The maximum absolute atomic E-state index is 13.2. The third-order valence-electron chi connectivity index (χ3n) is 3.52. The molecule has 1 atom stereocenters. The highest BCUT2D eigenvalue weighted by Gasteiger charge is 2.39. The Morgan fingerprint density at radius 1 is 1.14 bits per heavy atom. The molecule has 2 rings (SSSR count). The van der Waals surface area contributed by atoms with Gasteiger partial charge in [-0.3, -0.25) is 4.79 Å². The second-order valence-electron chi connectivity index (χ2n) is 5.72. The number of alkyl halides is 3. The summed E-state index contributed by atoms with van der Waals surface area (Å²) in [6, 6.07) is 8.08. The SMILES string of the molecule is CC(C)CC(Cn1ccc(=O)c2ccccc21)C(F)(F)F. The molecule has 2 nitrogen and oxygen atoms in total. The van der Waals surface area contributed by atoms with Crippen LogP contribution in [0.15, 0.2) is 41.3 Å². The molecule has 0 bridgehead atoms. The van der Waals surface area contributed by atoms with Crippen molar-refractivity contribution in [3.63, 3.8) is 0 Å². The molecule has 0 spiro atoms. The number of halogens is 3. The van der Waals surface area contributed by atoms with Crippen molar-refractivity contribution in [2.45, 2.75) is 33.0 Å². The van der Waals surface area contributed by atoms with Gasteiger partial charge in [0.05, 0.1) is 11.4 Å². The molecule has 0 saturated carbocycles. The Bertz CT molecular complexity index is 673. The lowest BCUT2D eigenvalue weighted by molar-refractivity contribution is -0.182. The van der Waals surface area contributed by atoms with Crippen LogP contribution < -0.4 is 5.43 Å². The molecule has 1 aromatic carbocycles. The van der Waals surface area contributed by atoms with Gasteiger partial charge in [0.15, 0.2) is 5.43 Å². The van der Waals surface area contributed by atoms with Gasteiger partial charge in [0.1, 0.15) is 0 Å². The molecule has 0 N–H and O–H groups in total. The standard InChI is InChI=1S/C16H18F3NO/c1-11(2)9-12(16(17,18)19)10-20-8-7-15(21)13-5-3-4-6-14(13)20/h3-8,11-12H,9-10H2,1-2H3. The molecule has 114 valence electrons. The molecular formula is C16H18F3NO. The van der Waals surface area contributed by atoms with Crippen LogP contribution in [0, 0.1) is 11.8 Å². The minimum atomic E-state index is -4.24. The molecule has 21 heavy (non-hydrogen) atoms. The van der Waals surface area contributed by atoms with E-state index in [2.05, 4.69) is 0 Å². The van der Waals surface area contributed by atoms with Crippen molar-refractivity contribution in [1.82, 2.24) is 4.57 Å². The van der Waals surface area contributed by atoms with Crippen LogP contribution in [0.4, 0.5) is 13.2 Å². The summed E-state index contributed by atoms with van der Waals surface area (Å²) in [6.07, 6.45) is -2.72. The molecule has 0 aliphatic rings. The van der Waals surface area contributed by atoms with Gasteiger partial charge in [-0.25, -0.2) is 0 Å². The Kier molecular flexibility index (Phi) is 4.40. The maximum Gasteiger partial charge on any atom is 0.393 e. The average Bonchev–Trinajstić information content (AvgIpc) is 2.40. The molecule has 1 unspecified atom stereocenters. The molecule has 0 amide bonds. The summed E-state index contributed by atoms with van der Waals surface area (Å²) in [5.41, 5.74) is 0.372. The first-order chi connectivity index (χ1) is 9.79. The van der Waals surface area contributed by atoms with Crippen molar-refractivity contribution < 1.29 is 13.2 Å². The first kappa shape index (κ1) is 15.6. The largest absolute Gasteiger partial charge is 0.393 e. The zero-order chi connectivity index (χ0) is 15.6. The highest BCUT2D eigenvalue weighted by molar-refractivity contribution is 5.78. The molecule has 0 aliphatic carbocycles. The van der Waals surface area contributed by atoms with Gasteiger partial charge in [0, 0.05) is 24.2 Å². The number of rotatable bonds is 4. The second kappa shape index (κ2) is 5.92. The Labute approximate surface area is 121 Å². The summed E-state index contributed by atoms with van der Waals surface area (Å²) in [4.78, 5) is 11.8. The van der Waals surface area contributed by atoms with Gasteiger partial charge in [-0.2, -0.15) is 13.2 Å². The number of fused-ring (bicyclic) bond motifs is 1. The van der Waals surface area contributed by atoms with Crippen LogP contribution in [0.5, 0.6) is 0 Å². The van der Waals surface area contributed by atoms with Crippen molar-refractivity contribution in [3.8, 4) is 0 Å². The number of para-hydroxylation sites is 1. The fraction of sp³-hybridized carbons (Fsp3) is 0.438. The van der Waals surface area contributed by atoms with Crippen molar-refractivity contribution in [2.24, 2.45) is 11.8 Å². The molecule has 1 heterocycles. The molecule has 2 aromatic rings. The fourth-order valence-corrected chi connectivity index (χ4v) is 2.54. The van der Waals surface area contributed by atoms with Gasteiger partial charge in [-0.05, 0) is 24.5 Å².